The van der Waals surface area contributed by atoms with Crippen molar-refractivity contribution >= 4 is 27.5 Å². The van der Waals surface area contributed by atoms with Gasteiger partial charge in [-0.1, -0.05) is 50.1 Å². The van der Waals surface area contributed by atoms with E-state index >= 15 is 0 Å². The number of nitrogens with one attached hydrogen (secondary N) is 1. The van der Waals surface area contributed by atoms with Crippen LogP contribution in [0.25, 0.3) is 0 Å². The van der Waals surface area contributed by atoms with Crippen molar-refractivity contribution in [1.82, 2.24) is 10.2 Å². The first-order valence-corrected chi connectivity index (χ1v) is 16.2. The lowest BCUT2D eigenvalue weighted by Crippen LogP contribution is -2.53. The van der Waals surface area contributed by atoms with Gasteiger partial charge in [-0.3, -0.25) is 13.9 Å². The van der Waals surface area contributed by atoms with Crippen LogP contribution in [0.3, 0.4) is 0 Å². The molecule has 0 spiro atoms. The van der Waals surface area contributed by atoms with Crippen LogP contribution < -0.4 is 23.8 Å². The van der Waals surface area contributed by atoms with Gasteiger partial charge in [-0.25, -0.2) is 8.42 Å². The van der Waals surface area contributed by atoms with Crippen molar-refractivity contribution in [2.75, 3.05) is 32.2 Å². The zero-order chi connectivity index (χ0) is 31.7. The first-order chi connectivity index (χ1) is 21.2. The molecule has 1 atom stereocenters. The Morgan fingerprint density at radius 2 is 1.55 bits per heavy atom. The number of hydrogen-bond acceptors (Lipinski definition) is 7. The van der Waals surface area contributed by atoms with E-state index in [1.54, 1.807) is 49.6 Å². The first kappa shape index (κ1) is 32.7. The summed E-state index contributed by atoms with van der Waals surface area (Å²) < 4.78 is 45.3. The summed E-state index contributed by atoms with van der Waals surface area (Å²) in [6.07, 6.45) is 4.26. The summed E-state index contributed by atoms with van der Waals surface area (Å²) in [4.78, 5) is 29.3. The molecule has 0 saturated heterocycles. The van der Waals surface area contributed by atoms with Gasteiger partial charge in [0.15, 0.2) is 11.5 Å². The Bertz CT molecular complexity index is 1510. The lowest BCUT2D eigenvalue weighted by atomic mass is 10.1. The molecule has 0 aliphatic heterocycles. The van der Waals surface area contributed by atoms with Crippen LogP contribution in [0.4, 0.5) is 5.69 Å². The number of amides is 2. The second-order valence-electron chi connectivity index (χ2n) is 10.6. The van der Waals surface area contributed by atoms with Crippen LogP contribution in [-0.2, 0) is 26.2 Å². The molecule has 0 radical (unpaired) electrons. The van der Waals surface area contributed by atoms with Gasteiger partial charge in [0.25, 0.3) is 10.0 Å². The number of hydrogen-bond donors (Lipinski definition) is 1. The van der Waals surface area contributed by atoms with E-state index in [0.29, 0.717) is 23.6 Å². The first-order valence-electron chi connectivity index (χ1n) is 14.7. The average molecular weight is 624 g/mol. The van der Waals surface area contributed by atoms with Crippen molar-refractivity contribution in [3.63, 3.8) is 0 Å². The molecule has 44 heavy (non-hydrogen) atoms. The monoisotopic (exact) mass is 623 g/mol. The summed E-state index contributed by atoms with van der Waals surface area (Å²) in [6.45, 7) is 1.44. The molecule has 10 nitrogen and oxygen atoms in total. The standard InChI is InChI=1S/C33H41N3O7S/c1-5-29(33(38)34-25-11-9-10-12-25)35(22-24-15-17-27(41-2)18-16-24)32(37)23-36(26-13-7-6-8-14-26)44(39,40)28-19-20-30(42-3)31(21-28)43-4/h6-8,13-21,25,29H,5,9-12,22-23H2,1-4H3,(H,34,38)/t29-/m0/s1. The van der Waals surface area contributed by atoms with E-state index in [4.69, 9.17) is 14.2 Å². The maximum atomic E-state index is 14.3. The number of nitrogens with zero attached hydrogens (tertiary/aromatic N) is 2. The van der Waals surface area contributed by atoms with Crippen LogP contribution >= 0.6 is 0 Å². The molecule has 1 aliphatic rings. The van der Waals surface area contributed by atoms with Crippen molar-refractivity contribution in [3.05, 3.63) is 78.4 Å². The van der Waals surface area contributed by atoms with Crippen molar-refractivity contribution in [1.29, 1.82) is 0 Å². The van der Waals surface area contributed by atoms with E-state index in [9.17, 15) is 18.0 Å². The van der Waals surface area contributed by atoms with Crippen molar-refractivity contribution in [3.8, 4) is 17.2 Å². The van der Waals surface area contributed by atoms with Gasteiger partial charge in [0.1, 0.15) is 18.3 Å². The van der Waals surface area contributed by atoms with Crippen molar-refractivity contribution < 1.29 is 32.2 Å². The fraction of sp³-hybridized carbons (Fsp3) is 0.394. The zero-order valence-electron chi connectivity index (χ0n) is 25.7. The molecule has 1 N–H and O–H groups in total. The molecule has 4 rings (SSSR count). The van der Waals surface area contributed by atoms with E-state index in [1.165, 1.54) is 37.3 Å². The number of anilines is 1. The Morgan fingerprint density at radius 1 is 0.886 bits per heavy atom. The third-order valence-electron chi connectivity index (χ3n) is 7.87. The minimum Gasteiger partial charge on any atom is -0.497 e. The highest BCUT2D eigenvalue weighted by Gasteiger charge is 2.35. The third kappa shape index (κ3) is 7.63. The fourth-order valence-electron chi connectivity index (χ4n) is 5.44. The van der Waals surface area contributed by atoms with E-state index in [1.807, 2.05) is 19.1 Å². The number of sulfonamides is 1. The van der Waals surface area contributed by atoms with Gasteiger partial charge in [0.05, 0.1) is 31.9 Å². The molecular weight excluding hydrogens is 582 g/mol. The minimum absolute atomic E-state index is 0.0699. The zero-order valence-corrected chi connectivity index (χ0v) is 26.5. The lowest BCUT2D eigenvalue weighted by Gasteiger charge is -2.33. The van der Waals surface area contributed by atoms with Crippen LogP contribution in [0.15, 0.2) is 77.7 Å². The van der Waals surface area contributed by atoms with Gasteiger partial charge in [0.2, 0.25) is 11.8 Å². The van der Waals surface area contributed by atoms with Gasteiger partial charge in [-0.15, -0.1) is 0 Å². The van der Waals surface area contributed by atoms with Crippen LogP contribution in [0.2, 0.25) is 0 Å². The second-order valence-corrected chi connectivity index (χ2v) is 12.5. The molecule has 236 valence electrons. The summed E-state index contributed by atoms with van der Waals surface area (Å²) in [6, 6.07) is 19.2. The van der Waals surface area contributed by atoms with Crippen LogP contribution in [-0.4, -0.2) is 65.1 Å². The Kier molecular flexibility index (Phi) is 11.1. The molecule has 3 aromatic rings. The van der Waals surface area contributed by atoms with Crippen LogP contribution in [0, 0.1) is 0 Å². The number of benzene rings is 3. The topological polar surface area (TPSA) is 114 Å². The van der Waals surface area contributed by atoms with Gasteiger partial charge in [-0.2, -0.15) is 0 Å². The van der Waals surface area contributed by atoms with E-state index in [0.717, 1.165) is 35.6 Å². The molecule has 1 saturated carbocycles. The predicted molar refractivity (Wildman–Crippen MR) is 169 cm³/mol. The largest absolute Gasteiger partial charge is 0.497 e. The highest BCUT2D eigenvalue weighted by Crippen LogP contribution is 2.32. The Balaban J connectivity index is 1.72. The summed E-state index contributed by atoms with van der Waals surface area (Å²) in [5, 5.41) is 3.12. The number of carbonyl (C=O) groups is 2. The number of ether oxygens (including phenoxy) is 3. The van der Waals surface area contributed by atoms with E-state index in [-0.39, 0.29) is 29.1 Å². The molecular formula is C33H41N3O7S. The van der Waals surface area contributed by atoms with Crippen molar-refractivity contribution in [2.24, 2.45) is 0 Å². The molecule has 0 heterocycles. The highest BCUT2D eigenvalue weighted by molar-refractivity contribution is 7.92. The normalized spacial score (nSPS) is 14.0. The average Bonchev–Trinajstić information content (AvgIpc) is 3.56. The second kappa shape index (κ2) is 15.0. The Labute approximate surface area is 260 Å². The summed E-state index contributed by atoms with van der Waals surface area (Å²) in [5.41, 5.74) is 1.09. The van der Waals surface area contributed by atoms with Crippen LogP contribution in [0.1, 0.15) is 44.6 Å². The number of methoxy groups -OCH3 is 3. The SMILES string of the molecule is CC[C@@H](C(=O)NC1CCCC1)N(Cc1ccc(OC)cc1)C(=O)CN(c1ccccc1)S(=O)(=O)c1ccc(OC)c(OC)c1. The van der Waals surface area contributed by atoms with Crippen molar-refractivity contribution in [2.45, 2.75) is 62.6 Å². The van der Waals surface area contributed by atoms with Gasteiger partial charge >= 0.3 is 0 Å². The summed E-state index contributed by atoms with van der Waals surface area (Å²) in [5.74, 6) is 0.522. The molecule has 11 heteroatoms. The van der Waals surface area contributed by atoms with Gasteiger partial charge < -0.3 is 24.4 Å². The molecule has 0 unspecified atom stereocenters. The van der Waals surface area contributed by atoms with E-state index < -0.39 is 28.5 Å². The Morgan fingerprint density at radius 3 is 2.14 bits per heavy atom. The van der Waals surface area contributed by atoms with Gasteiger partial charge in [0, 0.05) is 18.7 Å². The molecule has 0 bridgehead atoms. The Hall–Kier alpha value is -4.25. The number of rotatable bonds is 14. The molecule has 1 fully saturated rings. The quantitative estimate of drug-likeness (QED) is 0.275. The summed E-state index contributed by atoms with van der Waals surface area (Å²) >= 11 is 0. The maximum Gasteiger partial charge on any atom is 0.264 e. The lowest BCUT2D eigenvalue weighted by molar-refractivity contribution is -0.140. The third-order valence-corrected chi connectivity index (χ3v) is 9.64. The van der Waals surface area contributed by atoms with E-state index in [2.05, 4.69) is 5.32 Å². The molecule has 0 aromatic heterocycles. The molecule has 3 aromatic carbocycles. The fourth-order valence-corrected chi connectivity index (χ4v) is 6.87. The molecule has 2 amide bonds. The predicted octanol–water partition coefficient (Wildman–Crippen LogP) is 4.77. The van der Waals surface area contributed by atoms with Crippen LogP contribution in [0.5, 0.6) is 17.2 Å². The maximum absolute atomic E-state index is 14.3. The summed E-state index contributed by atoms with van der Waals surface area (Å²) in [7, 11) is 0.197. The molecule has 1 aliphatic carbocycles. The highest BCUT2D eigenvalue weighted by atomic mass is 32.2. The minimum atomic E-state index is -4.26. The smallest absolute Gasteiger partial charge is 0.264 e. The number of para-hydroxylation sites is 1. The van der Waals surface area contributed by atoms with Gasteiger partial charge in [-0.05, 0) is 61.2 Å². The number of carbonyl (C=O) groups excluding carboxylic acids is 2.